The highest BCUT2D eigenvalue weighted by molar-refractivity contribution is 9.10. The second-order valence-electron chi connectivity index (χ2n) is 5.30. The Morgan fingerprint density at radius 3 is 2.28 bits per heavy atom. The molecule has 0 bridgehead atoms. The van der Waals surface area contributed by atoms with E-state index in [1.807, 2.05) is 39.8 Å². The average Bonchev–Trinajstić information content (AvgIpc) is 2.47. The van der Waals surface area contributed by atoms with Crippen LogP contribution in [0.5, 0.6) is 0 Å². The fourth-order valence-electron chi connectivity index (χ4n) is 1.66. The summed E-state index contributed by atoms with van der Waals surface area (Å²) in [5.41, 5.74) is 0.136. The summed E-state index contributed by atoms with van der Waals surface area (Å²) in [6.07, 6.45) is 0. The molecule has 0 spiro atoms. The molecule has 1 aromatic heterocycles. The molecule has 0 aromatic carbocycles. The first-order valence-corrected chi connectivity index (χ1v) is 6.48. The van der Waals surface area contributed by atoms with Crippen molar-refractivity contribution in [1.82, 2.24) is 4.98 Å². The molecule has 2 rings (SSSR count). The maximum atomic E-state index is 8.92. The van der Waals surface area contributed by atoms with Crippen LogP contribution in [-0.4, -0.2) is 23.3 Å². The van der Waals surface area contributed by atoms with E-state index in [0.717, 1.165) is 4.47 Å². The fraction of sp³-hybridized carbons (Fsp3) is 0.500. The first-order chi connectivity index (χ1) is 8.25. The Morgan fingerprint density at radius 1 is 1.22 bits per heavy atom. The van der Waals surface area contributed by atoms with E-state index in [1.54, 1.807) is 6.07 Å². The molecule has 0 atom stereocenters. The minimum Gasteiger partial charge on any atom is -0.398 e. The van der Waals surface area contributed by atoms with Gasteiger partial charge in [-0.25, -0.2) is 4.98 Å². The van der Waals surface area contributed by atoms with Crippen molar-refractivity contribution in [3.05, 3.63) is 22.3 Å². The van der Waals surface area contributed by atoms with Gasteiger partial charge in [-0.1, -0.05) is 15.9 Å². The van der Waals surface area contributed by atoms with Crippen molar-refractivity contribution in [3.8, 4) is 6.07 Å². The van der Waals surface area contributed by atoms with Gasteiger partial charge in [-0.2, -0.15) is 5.26 Å². The predicted molar refractivity (Wildman–Crippen MR) is 72.4 cm³/mol. The Labute approximate surface area is 116 Å². The number of pyridine rings is 1. The van der Waals surface area contributed by atoms with Crippen molar-refractivity contribution < 1.29 is 9.31 Å². The molecule has 0 N–H and O–H groups in total. The van der Waals surface area contributed by atoms with Crippen LogP contribution >= 0.6 is 15.9 Å². The van der Waals surface area contributed by atoms with Gasteiger partial charge in [-0.15, -0.1) is 0 Å². The standard InChI is InChI=1S/C12H14BBrN2O2/c1-11(2)12(3,4)18-13(17-11)10-6-8(14)5-9(7-15)16-10/h5-6H,1-4H3. The number of hydrogen-bond acceptors (Lipinski definition) is 4. The van der Waals surface area contributed by atoms with E-state index in [4.69, 9.17) is 14.6 Å². The van der Waals surface area contributed by atoms with Crippen LogP contribution in [0, 0.1) is 11.3 Å². The molecule has 1 saturated heterocycles. The maximum Gasteiger partial charge on any atom is 0.514 e. The van der Waals surface area contributed by atoms with E-state index in [0.29, 0.717) is 11.3 Å². The van der Waals surface area contributed by atoms with E-state index >= 15 is 0 Å². The smallest absolute Gasteiger partial charge is 0.398 e. The lowest BCUT2D eigenvalue weighted by Crippen LogP contribution is -2.41. The molecule has 2 heterocycles. The molecule has 0 amide bonds. The summed E-state index contributed by atoms with van der Waals surface area (Å²) in [6.45, 7) is 7.93. The molecular formula is C12H14BBrN2O2. The Morgan fingerprint density at radius 2 is 1.78 bits per heavy atom. The van der Waals surface area contributed by atoms with Gasteiger partial charge in [0.1, 0.15) is 11.8 Å². The first kappa shape index (κ1) is 13.5. The lowest BCUT2D eigenvalue weighted by Gasteiger charge is -2.32. The summed E-state index contributed by atoms with van der Waals surface area (Å²) < 4.78 is 12.6. The third kappa shape index (κ3) is 2.31. The Kier molecular flexibility index (Phi) is 3.26. The van der Waals surface area contributed by atoms with Gasteiger partial charge >= 0.3 is 7.12 Å². The summed E-state index contributed by atoms with van der Waals surface area (Å²) in [4.78, 5) is 4.22. The number of nitrogens with zero attached hydrogens (tertiary/aromatic N) is 2. The van der Waals surface area contributed by atoms with Gasteiger partial charge < -0.3 is 9.31 Å². The fourth-order valence-corrected chi connectivity index (χ4v) is 2.11. The van der Waals surface area contributed by atoms with Gasteiger partial charge in [0.25, 0.3) is 0 Å². The molecule has 0 unspecified atom stereocenters. The summed E-state index contributed by atoms with van der Waals surface area (Å²) in [5, 5.41) is 8.92. The topological polar surface area (TPSA) is 55.1 Å². The molecule has 6 heteroatoms. The van der Waals surface area contributed by atoms with E-state index < -0.39 is 18.3 Å². The molecule has 1 aliphatic rings. The molecule has 1 fully saturated rings. The van der Waals surface area contributed by atoms with Gasteiger partial charge in [-0.3, -0.25) is 0 Å². The van der Waals surface area contributed by atoms with Crippen LogP contribution in [0.15, 0.2) is 16.6 Å². The summed E-state index contributed by atoms with van der Waals surface area (Å²) in [5.74, 6) is 0. The molecule has 18 heavy (non-hydrogen) atoms. The van der Waals surface area contributed by atoms with Crippen molar-refractivity contribution in [1.29, 1.82) is 5.26 Å². The zero-order valence-corrected chi connectivity index (χ0v) is 12.4. The molecule has 0 aliphatic carbocycles. The van der Waals surface area contributed by atoms with Crippen molar-refractivity contribution in [2.45, 2.75) is 38.9 Å². The van der Waals surface area contributed by atoms with Crippen LogP contribution in [0.25, 0.3) is 0 Å². The lowest BCUT2D eigenvalue weighted by molar-refractivity contribution is 0.00578. The van der Waals surface area contributed by atoms with Crippen molar-refractivity contribution >= 4 is 28.6 Å². The SMILES string of the molecule is CC1(C)OB(c2cc(Br)cc(C#N)n2)OC1(C)C. The normalized spacial score (nSPS) is 20.8. The quantitative estimate of drug-likeness (QED) is 0.745. The second-order valence-corrected chi connectivity index (χ2v) is 6.21. The highest BCUT2D eigenvalue weighted by Gasteiger charge is 2.52. The van der Waals surface area contributed by atoms with Crippen molar-refractivity contribution in [2.75, 3.05) is 0 Å². The molecule has 0 saturated carbocycles. The molecule has 94 valence electrons. The molecule has 1 aliphatic heterocycles. The lowest BCUT2D eigenvalue weighted by atomic mass is 9.84. The van der Waals surface area contributed by atoms with Gasteiger partial charge in [0, 0.05) is 4.47 Å². The number of hydrogen-bond donors (Lipinski definition) is 0. The third-order valence-corrected chi connectivity index (χ3v) is 3.88. The Hall–Kier alpha value is -0.895. The third-order valence-electron chi connectivity index (χ3n) is 3.42. The van der Waals surface area contributed by atoms with Crippen LogP contribution in [-0.2, 0) is 9.31 Å². The largest absolute Gasteiger partial charge is 0.514 e. The van der Waals surface area contributed by atoms with Crippen LogP contribution in [0.1, 0.15) is 33.4 Å². The van der Waals surface area contributed by atoms with E-state index in [-0.39, 0.29) is 0 Å². The maximum absolute atomic E-state index is 8.92. The monoisotopic (exact) mass is 308 g/mol. The van der Waals surface area contributed by atoms with E-state index in [1.165, 1.54) is 0 Å². The average molecular weight is 309 g/mol. The molecule has 4 nitrogen and oxygen atoms in total. The van der Waals surface area contributed by atoms with Gasteiger partial charge in [0.15, 0.2) is 0 Å². The first-order valence-electron chi connectivity index (χ1n) is 5.68. The molecular weight excluding hydrogens is 295 g/mol. The second kappa shape index (κ2) is 4.34. The van der Waals surface area contributed by atoms with Crippen LogP contribution < -0.4 is 5.59 Å². The summed E-state index contributed by atoms with van der Waals surface area (Å²) >= 11 is 3.36. The summed E-state index contributed by atoms with van der Waals surface area (Å²) in [7, 11) is -0.542. The number of aromatic nitrogens is 1. The number of halogens is 1. The molecule has 0 radical (unpaired) electrons. The minimum atomic E-state index is -0.542. The van der Waals surface area contributed by atoms with Crippen LogP contribution in [0.2, 0.25) is 0 Å². The van der Waals surface area contributed by atoms with Crippen LogP contribution in [0.3, 0.4) is 0 Å². The predicted octanol–water partition coefficient (Wildman–Crippen LogP) is 2.01. The van der Waals surface area contributed by atoms with E-state index in [9.17, 15) is 0 Å². The highest BCUT2D eigenvalue weighted by atomic mass is 79.9. The summed E-state index contributed by atoms with van der Waals surface area (Å²) in [6, 6.07) is 5.49. The van der Waals surface area contributed by atoms with Gasteiger partial charge in [0.2, 0.25) is 0 Å². The Bertz CT molecular complexity index is 509. The number of rotatable bonds is 1. The van der Waals surface area contributed by atoms with Crippen LogP contribution in [0.4, 0.5) is 0 Å². The number of nitriles is 1. The molecule has 1 aromatic rings. The highest BCUT2D eigenvalue weighted by Crippen LogP contribution is 2.36. The zero-order valence-electron chi connectivity index (χ0n) is 10.8. The van der Waals surface area contributed by atoms with Crippen molar-refractivity contribution in [3.63, 3.8) is 0 Å². The Balaban J connectivity index is 2.36. The zero-order chi connectivity index (χ0) is 13.6. The van der Waals surface area contributed by atoms with Gasteiger partial charge in [0.05, 0.1) is 16.8 Å². The minimum absolute atomic E-state index is 0.342. The van der Waals surface area contributed by atoms with E-state index in [2.05, 4.69) is 20.9 Å². The van der Waals surface area contributed by atoms with Gasteiger partial charge in [-0.05, 0) is 39.8 Å². The van der Waals surface area contributed by atoms with Crippen molar-refractivity contribution in [2.24, 2.45) is 0 Å².